The summed E-state index contributed by atoms with van der Waals surface area (Å²) in [7, 11) is 3.15. The molecule has 1 aromatic rings. The number of hydrogen-bond donors (Lipinski definition) is 1. The molecule has 0 heterocycles. The zero-order valence-corrected chi connectivity index (χ0v) is 14.2. The first kappa shape index (κ1) is 16.9. The van der Waals surface area contributed by atoms with Crippen LogP contribution in [0.25, 0.3) is 0 Å². The lowest BCUT2D eigenvalue weighted by Gasteiger charge is -2.25. The van der Waals surface area contributed by atoms with Crippen LogP contribution in [0, 0.1) is 5.92 Å². The number of carbonyl (C=O) groups is 1. The van der Waals surface area contributed by atoms with Crippen molar-refractivity contribution in [3.63, 3.8) is 0 Å². The molecule has 1 aromatic carbocycles. The minimum atomic E-state index is -0.780. The number of methoxy groups -OCH3 is 2. The maximum atomic E-state index is 11.3. The number of carboxylic acids is 1. The van der Waals surface area contributed by atoms with E-state index in [-0.39, 0.29) is 18.3 Å². The number of hydrogen-bond acceptors (Lipinski definition) is 3. The van der Waals surface area contributed by atoms with Gasteiger partial charge in [-0.25, -0.2) is 0 Å². The second kappa shape index (κ2) is 6.78. The number of ether oxygens (including phenoxy) is 2. The number of aliphatic carboxylic acids is 1. The largest absolute Gasteiger partial charge is 0.492 e. The van der Waals surface area contributed by atoms with Gasteiger partial charge in [0, 0.05) is 5.56 Å². The Morgan fingerprint density at radius 3 is 2.32 bits per heavy atom. The topological polar surface area (TPSA) is 55.8 Å². The molecule has 0 spiro atoms. The smallest absolute Gasteiger partial charge is 0.303 e. The number of benzene rings is 1. The Morgan fingerprint density at radius 2 is 1.91 bits per heavy atom. The molecule has 5 heteroatoms. The van der Waals surface area contributed by atoms with Gasteiger partial charge in [0.1, 0.15) is 0 Å². The molecule has 0 amide bonds. The van der Waals surface area contributed by atoms with Crippen molar-refractivity contribution in [2.75, 3.05) is 14.2 Å². The van der Waals surface area contributed by atoms with Gasteiger partial charge in [0.15, 0.2) is 11.5 Å². The first-order chi connectivity index (χ1) is 10.4. The maximum Gasteiger partial charge on any atom is 0.303 e. The molecule has 0 aromatic heterocycles. The van der Waals surface area contributed by atoms with Crippen LogP contribution >= 0.6 is 11.6 Å². The van der Waals surface area contributed by atoms with E-state index < -0.39 is 5.97 Å². The Morgan fingerprint density at radius 1 is 1.32 bits per heavy atom. The van der Waals surface area contributed by atoms with Crippen LogP contribution in [0.5, 0.6) is 11.5 Å². The van der Waals surface area contributed by atoms with Crippen LogP contribution in [0.2, 0.25) is 5.02 Å². The van der Waals surface area contributed by atoms with Crippen LogP contribution in [0.4, 0.5) is 0 Å². The number of halogens is 1. The van der Waals surface area contributed by atoms with Crippen molar-refractivity contribution in [2.45, 2.75) is 44.9 Å². The van der Waals surface area contributed by atoms with Crippen molar-refractivity contribution >= 4 is 17.6 Å². The first-order valence-electron chi connectivity index (χ1n) is 7.56. The van der Waals surface area contributed by atoms with Crippen LogP contribution in [0.3, 0.4) is 0 Å². The zero-order chi connectivity index (χ0) is 16.4. The summed E-state index contributed by atoms with van der Waals surface area (Å²) in [5.41, 5.74) is 1.99. The lowest BCUT2D eigenvalue weighted by Crippen LogP contribution is -2.13. The van der Waals surface area contributed by atoms with Crippen molar-refractivity contribution in [1.82, 2.24) is 0 Å². The van der Waals surface area contributed by atoms with E-state index in [1.165, 1.54) is 0 Å². The van der Waals surface area contributed by atoms with Gasteiger partial charge in [-0.05, 0) is 42.2 Å². The molecule has 2 rings (SSSR count). The normalized spacial score (nSPS) is 15.7. The SMILES string of the molecule is COc1c(Cl)cc(C(CC(=O)O)C2CC2)c(C(C)C)c1OC. The van der Waals surface area contributed by atoms with Crippen LogP contribution in [0.15, 0.2) is 6.07 Å². The van der Waals surface area contributed by atoms with E-state index in [0.29, 0.717) is 22.4 Å². The molecule has 122 valence electrons. The van der Waals surface area contributed by atoms with E-state index in [1.807, 2.05) is 6.07 Å². The molecule has 0 bridgehead atoms. The molecule has 0 radical (unpaired) electrons. The van der Waals surface area contributed by atoms with E-state index in [0.717, 1.165) is 24.0 Å². The van der Waals surface area contributed by atoms with Crippen LogP contribution in [0.1, 0.15) is 56.1 Å². The Hall–Kier alpha value is -1.42. The monoisotopic (exact) mass is 326 g/mol. The lowest BCUT2D eigenvalue weighted by molar-refractivity contribution is -0.137. The highest BCUT2D eigenvalue weighted by molar-refractivity contribution is 6.32. The Labute approximate surface area is 136 Å². The molecule has 1 atom stereocenters. The Balaban J connectivity index is 2.62. The average Bonchev–Trinajstić information content (AvgIpc) is 3.27. The standard InChI is InChI=1S/C17H23ClO4/c1-9(2)15-12(11(8-14(19)20)10-5-6-10)7-13(18)16(21-3)17(15)22-4/h7,9-11H,5-6,8H2,1-4H3,(H,19,20). The summed E-state index contributed by atoms with van der Waals surface area (Å²) in [6.45, 7) is 4.14. The van der Waals surface area contributed by atoms with Gasteiger partial charge in [0.2, 0.25) is 0 Å². The van der Waals surface area contributed by atoms with Gasteiger partial charge in [-0.2, -0.15) is 0 Å². The van der Waals surface area contributed by atoms with E-state index in [1.54, 1.807) is 14.2 Å². The molecule has 1 unspecified atom stereocenters. The number of carboxylic acid groups (broad SMARTS) is 1. The third-order valence-corrected chi connectivity index (χ3v) is 4.51. The maximum absolute atomic E-state index is 11.3. The number of rotatable bonds is 7. The lowest BCUT2D eigenvalue weighted by atomic mass is 9.83. The summed E-state index contributed by atoms with van der Waals surface area (Å²) in [6, 6.07) is 1.87. The molecule has 1 saturated carbocycles. The molecule has 0 saturated heterocycles. The highest BCUT2D eigenvalue weighted by Crippen LogP contribution is 2.51. The fraction of sp³-hybridized carbons (Fsp3) is 0.588. The van der Waals surface area contributed by atoms with Crippen molar-refractivity contribution in [2.24, 2.45) is 5.92 Å². The van der Waals surface area contributed by atoms with Crippen molar-refractivity contribution in [1.29, 1.82) is 0 Å². The third-order valence-electron chi connectivity index (χ3n) is 4.23. The summed E-state index contributed by atoms with van der Waals surface area (Å²) in [5, 5.41) is 9.73. The zero-order valence-electron chi connectivity index (χ0n) is 13.5. The van der Waals surface area contributed by atoms with Gasteiger partial charge in [0.25, 0.3) is 0 Å². The predicted molar refractivity (Wildman–Crippen MR) is 86.4 cm³/mol. The van der Waals surface area contributed by atoms with Crippen molar-refractivity contribution in [3.8, 4) is 11.5 Å². The third kappa shape index (κ3) is 3.32. The van der Waals surface area contributed by atoms with Crippen molar-refractivity contribution in [3.05, 3.63) is 22.2 Å². The minimum absolute atomic E-state index is 0.0211. The molecule has 1 aliphatic carbocycles. The van der Waals surface area contributed by atoms with Gasteiger partial charge < -0.3 is 14.6 Å². The average molecular weight is 327 g/mol. The molecule has 1 N–H and O–H groups in total. The fourth-order valence-corrected chi connectivity index (χ4v) is 3.43. The van der Waals surface area contributed by atoms with Gasteiger partial charge in [-0.3, -0.25) is 4.79 Å². The highest BCUT2D eigenvalue weighted by atomic mass is 35.5. The fourth-order valence-electron chi connectivity index (χ4n) is 3.15. The van der Waals surface area contributed by atoms with E-state index >= 15 is 0 Å². The highest BCUT2D eigenvalue weighted by Gasteiger charge is 2.37. The van der Waals surface area contributed by atoms with Crippen molar-refractivity contribution < 1.29 is 19.4 Å². The molecular weight excluding hydrogens is 304 g/mol. The molecule has 1 fully saturated rings. The predicted octanol–water partition coefficient (Wildman–Crippen LogP) is 4.45. The Kier molecular flexibility index (Phi) is 5.22. The quantitative estimate of drug-likeness (QED) is 0.804. The van der Waals surface area contributed by atoms with Crippen LogP contribution in [-0.4, -0.2) is 25.3 Å². The van der Waals surface area contributed by atoms with Gasteiger partial charge >= 0.3 is 5.97 Å². The summed E-state index contributed by atoms with van der Waals surface area (Å²) in [5.74, 6) is 0.941. The minimum Gasteiger partial charge on any atom is -0.492 e. The molecule has 0 aliphatic heterocycles. The van der Waals surface area contributed by atoms with Gasteiger partial charge in [-0.1, -0.05) is 25.4 Å². The molecular formula is C17H23ClO4. The second-order valence-electron chi connectivity index (χ2n) is 6.12. The van der Waals surface area contributed by atoms with Gasteiger partial charge in [-0.15, -0.1) is 0 Å². The second-order valence-corrected chi connectivity index (χ2v) is 6.53. The van der Waals surface area contributed by atoms with Gasteiger partial charge in [0.05, 0.1) is 25.7 Å². The van der Waals surface area contributed by atoms with Crippen LogP contribution < -0.4 is 9.47 Å². The molecule has 22 heavy (non-hydrogen) atoms. The van der Waals surface area contributed by atoms with E-state index in [9.17, 15) is 9.90 Å². The molecule has 1 aliphatic rings. The Bertz CT molecular complexity index is 564. The molecule has 4 nitrogen and oxygen atoms in total. The van der Waals surface area contributed by atoms with E-state index in [4.69, 9.17) is 21.1 Å². The first-order valence-corrected chi connectivity index (χ1v) is 7.94. The summed E-state index contributed by atoms with van der Waals surface area (Å²) in [4.78, 5) is 11.3. The van der Waals surface area contributed by atoms with E-state index in [2.05, 4.69) is 13.8 Å². The van der Waals surface area contributed by atoms with Crippen LogP contribution in [-0.2, 0) is 4.79 Å². The summed E-state index contributed by atoms with van der Waals surface area (Å²) >= 11 is 6.34. The summed E-state index contributed by atoms with van der Waals surface area (Å²) in [6.07, 6.45) is 2.26. The summed E-state index contributed by atoms with van der Waals surface area (Å²) < 4.78 is 10.9.